The van der Waals surface area contributed by atoms with E-state index >= 15 is 0 Å². The van der Waals surface area contributed by atoms with Crippen LogP contribution in [0.2, 0.25) is 0 Å². The highest BCUT2D eigenvalue weighted by Gasteiger charge is 2.41. The highest BCUT2D eigenvalue weighted by atomic mass is 15.1. The Kier molecular flexibility index (Phi) is 0.820. The Hall–Kier alpha value is -1.25. The van der Waals surface area contributed by atoms with Gasteiger partial charge in [0.05, 0.1) is 5.69 Å². The Labute approximate surface area is 64.2 Å². The average molecular weight is 145 g/mol. The van der Waals surface area contributed by atoms with Gasteiger partial charge in [0, 0.05) is 5.92 Å². The number of fused-ring (bicyclic) bond motifs is 3. The van der Waals surface area contributed by atoms with Crippen molar-refractivity contribution >= 4 is 6.08 Å². The van der Waals surface area contributed by atoms with E-state index in [2.05, 4.69) is 21.3 Å². The van der Waals surface area contributed by atoms with Gasteiger partial charge in [0.2, 0.25) is 0 Å². The van der Waals surface area contributed by atoms with Crippen LogP contribution in [0, 0.1) is 5.92 Å². The van der Waals surface area contributed by atoms with Crippen molar-refractivity contribution in [1.82, 2.24) is 15.2 Å². The Morgan fingerprint density at radius 2 is 2.45 bits per heavy atom. The van der Waals surface area contributed by atoms with Crippen molar-refractivity contribution in [2.75, 3.05) is 0 Å². The molecule has 1 saturated carbocycles. The van der Waals surface area contributed by atoms with Crippen LogP contribution in [0.3, 0.4) is 0 Å². The Morgan fingerprint density at radius 3 is 3.45 bits per heavy atom. The second kappa shape index (κ2) is 1.67. The molecule has 2 atom stereocenters. The number of rotatable bonds is 0. The molecule has 0 N–H and O–H groups in total. The predicted octanol–water partition coefficient (Wildman–Crippen LogP) is 1.00. The molecule has 0 radical (unpaired) electrons. The first-order chi connectivity index (χ1) is 5.45. The van der Waals surface area contributed by atoms with Gasteiger partial charge in [0.25, 0.3) is 0 Å². The van der Waals surface area contributed by atoms with Crippen molar-refractivity contribution in [2.45, 2.75) is 12.3 Å². The first kappa shape index (κ1) is 5.41. The third-order valence-corrected chi connectivity index (χ3v) is 2.37. The fourth-order valence-electron chi connectivity index (χ4n) is 1.65. The Balaban J connectivity index is 2.24. The van der Waals surface area contributed by atoms with Crippen LogP contribution in [0.4, 0.5) is 0 Å². The van der Waals surface area contributed by atoms with Crippen LogP contribution in [0.5, 0.6) is 0 Å². The lowest BCUT2D eigenvalue weighted by atomic mass is 10.1. The summed E-state index contributed by atoms with van der Waals surface area (Å²) in [5.41, 5.74) is 2.11. The van der Waals surface area contributed by atoms with Crippen LogP contribution in [0.1, 0.15) is 23.7 Å². The van der Waals surface area contributed by atoms with E-state index in [0.29, 0.717) is 5.92 Å². The minimum atomic E-state index is 0.658. The van der Waals surface area contributed by atoms with Crippen molar-refractivity contribution in [3.63, 3.8) is 0 Å². The van der Waals surface area contributed by atoms with E-state index in [4.69, 9.17) is 0 Å². The number of nitrogens with zero attached hydrogens (tertiary/aromatic N) is 3. The zero-order chi connectivity index (χ0) is 7.26. The molecule has 0 spiro atoms. The van der Waals surface area contributed by atoms with Gasteiger partial charge in [0.15, 0.2) is 0 Å². The summed E-state index contributed by atoms with van der Waals surface area (Å²) >= 11 is 0. The van der Waals surface area contributed by atoms with E-state index in [1.807, 2.05) is 6.08 Å². The molecular formula is C8H7N3. The summed E-state index contributed by atoms with van der Waals surface area (Å²) in [6.45, 7) is 0. The van der Waals surface area contributed by atoms with Gasteiger partial charge in [0.1, 0.15) is 12.0 Å². The van der Waals surface area contributed by atoms with E-state index in [0.717, 1.165) is 17.3 Å². The monoisotopic (exact) mass is 145 g/mol. The van der Waals surface area contributed by atoms with Gasteiger partial charge >= 0.3 is 0 Å². The van der Waals surface area contributed by atoms with Crippen LogP contribution in [0.25, 0.3) is 6.08 Å². The third kappa shape index (κ3) is 0.651. The molecule has 0 saturated heterocycles. The van der Waals surface area contributed by atoms with Crippen molar-refractivity contribution in [1.29, 1.82) is 0 Å². The van der Waals surface area contributed by atoms with Crippen LogP contribution >= 0.6 is 0 Å². The summed E-state index contributed by atoms with van der Waals surface area (Å²) in [5.74, 6) is 1.41. The third-order valence-electron chi connectivity index (χ3n) is 2.37. The molecule has 1 fully saturated rings. The van der Waals surface area contributed by atoms with Gasteiger partial charge in [-0.15, -0.1) is 10.2 Å². The first-order valence-corrected chi connectivity index (χ1v) is 3.81. The summed E-state index contributed by atoms with van der Waals surface area (Å²) < 4.78 is 0. The van der Waals surface area contributed by atoms with Gasteiger partial charge in [-0.05, 0) is 18.4 Å². The molecule has 3 rings (SSSR count). The van der Waals surface area contributed by atoms with Crippen LogP contribution < -0.4 is 0 Å². The zero-order valence-electron chi connectivity index (χ0n) is 5.94. The lowest BCUT2D eigenvalue weighted by Gasteiger charge is -2.04. The summed E-state index contributed by atoms with van der Waals surface area (Å²) in [6, 6.07) is 0. The average Bonchev–Trinajstić information content (AvgIpc) is 2.83. The van der Waals surface area contributed by atoms with Gasteiger partial charge in [-0.2, -0.15) is 0 Å². The number of allylic oxidation sites excluding steroid dienone is 1. The Bertz CT molecular complexity index is 332. The zero-order valence-corrected chi connectivity index (χ0v) is 5.94. The maximum atomic E-state index is 4.22. The molecule has 11 heavy (non-hydrogen) atoms. The van der Waals surface area contributed by atoms with Crippen LogP contribution in [-0.4, -0.2) is 15.2 Å². The van der Waals surface area contributed by atoms with E-state index in [1.54, 1.807) is 0 Å². The molecule has 2 aliphatic carbocycles. The first-order valence-electron chi connectivity index (χ1n) is 3.81. The van der Waals surface area contributed by atoms with E-state index in [-0.39, 0.29) is 0 Å². The lowest BCUT2D eigenvalue weighted by Crippen LogP contribution is -2.00. The van der Waals surface area contributed by atoms with Crippen LogP contribution in [0.15, 0.2) is 12.4 Å². The fraction of sp³-hybridized carbons (Fsp3) is 0.375. The molecule has 0 amide bonds. The number of aromatic nitrogens is 3. The Morgan fingerprint density at radius 1 is 1.45 bits per heavy atom. The number of hydrogen-bond acceptors (Lipinski definition) is 3. The molecular weight excluding hydrogens is 138 g/mol. The smallest absolute Gasteiger partial charge is 0.138 e. The minimum Gasteiger partial charge on any atom is -0.237 e. The maximum Gasteiger partial charge on any atom is 0.138 e. The molecule has 1 aromatic rings. The van der Waals surface area contributed by atoms with Crippen molar-refractivity contribution in [3.8, 4) is 0 Å². The molecule has 0 aromatic carbocycles. The van der Waals surface area contributed by atoms with Gasteiger partial charge < -0.3 is 0 Å². The molecule has 1 aromatic heterocycles. The molecule has 1 heterocycles. The van der Waals surface area contributed by atoms with E-state index in [9.17, 15) is 0 Å². The molecule has 3 heteroatoms. The summed E-state index contributed by atoms with van der Waals surface area (Å²) in [6.07, 6.45) is 7.03. The molecule has 2 aliphatic rings. The summed E-state index contributed by atoms with van der Waals surface area (Å²) in [5, 5.41) is 7.74. The SMILES string of the molecule is C1=CC2CC2c2ncnnc21. The maximum absolute atomic E-state index is 4.22. The van der Waals surface area contributed by atoms with E-state index < -0.39 is 0 Å². The normalized spacial score (nSPS) is 30.9. The molecule has 0 aliphatic heterocycles. The number of hydrogen-bond donors (Lipinski definition) is 0. The predicted molar refractivity (Wildman–Crippen MR) is 39.7 cm³/mol. The summed E-state index contributed by atoms with van der Waals surface area (Å²) in [4.78, 5) is 4.22. The largest absolute Gasteiger partial charge is 0.237 e. The fourth-order valence-corrected chi connectivity index (χ4v) is 1.65. The molecule has 3 nitrogen and oxygen atoms in total. The van der Waals surface area contributed by atoms with E-state index in [1.165, 1.54) is 12.7 Å². The molecule has 2 unspecified atom stereocenters. The van der Waals surface area contributed by atoms with Crippen molar-refractivity contribution in [2.24, 2.45) is 5.92 Å². The minimum absolute atomic E-state index is 0.658. The standard InChI is InChI=1S/C8H7N3/c1-2-7-8(6-3-5(1)6)9-4-10-11-7/h1-2,4-6H,3H2. The second-order valence-electron chi connectivity index (χ2n) is 3.10. The van der Waals surface area contributed by atoms with Gasteiger partial charge in [-0.3, -0.25) is 0 Å². The molecule has 54 valence electrons. The summed E-state index contributed by atoms with van der Waals surface area (Å²) in [7, 11) is 0. The van der Waals surface area contributed by atoms with Crippen LogP contribution in [-0.2, 0) is 0 Å². The highest BCUT2D eigenvalue weighted by Crippen LogP contribution is 2.50. The second-order valence-corrected chi connectivity index (χ2v) is 3.10. The molecule has 0 bridgehead atoms. The quantitative estimate of drug-likeness (QED) is 0.546. The lowest BCUT2D eigenvalue weighted by molar-refractivity contribution is 0.848. The highest BCUT2D eigenvalue weighted by molar-refractivity contribution is 5.54. The topological polar surface area (TPSA) is 38.7 Å². The van der Waals surface area contributed by atoms with Crippen molar-refractivity contribution in [3.05, 3.63) is 23.8 Å². The van der Waals surface area contributed by atoms with Crippen molar-refractivity contribution < 1.29 is 0 Å². The van der Waals surface area contributed by atoms with Gasteiger partial charge in [-0.1, -0.05) is 6.08 Å². The van der Waals surface area contributed by atoms with Gasteiger partial charge in [-0.25, -0.2) is 4.98 Å².